The molecule has 1 aliphatic rings. The van der Waals surface area contributed by atoms with Gasteiger partial charge in [-0.05, 0) is 59.5 Å². The Morgan fingerprint density at radius 1 is 0.929 bits per heavy atom. The Morgan fingerprint density at radius 3 is 2.43 bits per heavy atom. The van der Waals surface area contributed by atoms with Gasteiger partial charge in [-0.25, -0.2) is 12.8 Å². The largest absolute Gasteiger partial charge is 0.294 e. The molecule has 0 unspecified atom stereocenters. The molecule has 144 valence electrons. The number of halogens is 1. The molecule has 28 heavy (non-hydrogen) atoms. The summed E-state index contributed by atoms with van der Waals surface area (Å²) in [7, 11) is -3.73. The summed E-state index contributed by atoms with van der Waals surface area (Å²) in [5.74, 6) is -0.407. The first-order chi connectivity index (χ1) is 13.5. The average Bonchev–Trinajstić information content (AvgIpc) is 2.70. The first kappa shape index (κ1) is 18.7. The number of benzene rings is 3. The second-order valence-corrected chi connectivity index (χ2v) is 8.67. The first-order valence-corrected chi connectivity index (χ1v) is 10.6. The summed E-state index contributed by atoms with van der Waals surface area (Å²) in [6.07, 6.45) is 0.897. The minimum Gasteiger partial charge on any atom is -0.294 e. The van der Waals surface area contributed by atoms with Crippen molar-refractivity contribution in [2.45, 2.75) is 24.4 Å². The molecule has 0 saturated heterocycles. The zero-order chi connectivity index (χ0) is 19.6. The Kier molecular flexibility index (Phi) is 5.15. The number of nitrogens with zero attached hydrogens (tertiary/aromatic N) is 1. The molecule has 0 bridgehead atoms. The van der Waals surface area contributed by atoms with Crippen molar-refractivity contribution < 1.29 is 12.8 Å². The van der Waals surface area contributed by atoms with Gasteiger partial charge in [0.25, 0.3) is 10.0 Å². The molecule has 0 spiro atoms. The van der Waals surface area contributed by atoms with Gasteiger partial charge in [0.05, 0.1) is 4.90 Å². The van der Waals surface area contributed by atoms with Crippen LogP contribution in [0.1, 0.15) is 16.7 Å². The standard InChI is InChI=1S/C22H21FN2O2S/c23-20-7-9-21(10-8-20)24-28(26,27)22-11-6-18-12-13-25(16-19(18)14-22)15-17-4-2-1-3-5-17/h1-11,14,24H,12-13,15-16H2. The van der Waals surface area contributed by atoms with Crippen LogP contribution in [0.15, 0.2) is 77.7 Å². The summed E-state index contributed by atoms with van der Waals surface area (Å²) < 4.78 is 41.0. The lowest BCUT2D eigenvalue weighted by molar-refractivity contribution is 0.245. The molecule has 1 N–H and O–H groups in total. The summed E-state index contributed by atoms with van der Waals surface area (Å²) in [5, 5.41) is 0. The lowest BCUT2D eigenvalue weighted by atomic mass is 9.99. The van der Waals surface area contributed by atoms with Gasteiger partial charge in [-0.2, -0.15) is 0 Å². The van der Waals surface area contributed by atoms with E-state index >= 15 is 0 Å². The van der Waals surface area contributed by atoms with Crippen LogP contribution in [-0.2, 0) is 29.5 Å². The predicted molar refractivity (Wildman–Crippen MR) is 108 cm³/mol. The lowest BCUT2D eigenvalue weighted by Gasteiger charge is -2.29. The third kappa shape index (κ3) is 4.24. The van der Waals surface area contributed by atoms with E-state index in [1.165, 1.54) is 35.4 Å². The number of fused-ring (bicyclic) bond motifs is 1. The van der Waals surface area contributed by atoms with Crippen LogP contribution in [0.25, 0.3) is 0 Å². The van der Waals surface area contributed by atoms with Crippen molar-refractivity contribution in [1.29, 1.82) is 0 Å². The molecule has 4 nitrogen and oxygen atoms in total. The van der Waals surface area contributed by atoms with Crippen LogP contribution in [-0.4, -0.2) is 19.9 Å². The van der Waals surface area contributed by atoms with Crippen molar-refractivity contribution >= 4 is 15.7 Å². The summed E-state index contributed by atoms with van der Waals surface area (Å²) in [4.78, 5) is 2.54. The van der Waals surface area contributed by atoms with Gasteiger partial charge in [0, 0.05) is 25.3 Å². The molecule has 3 aromatic carbocycles. The smallest absolute Gasteiger partial charge is 0.261 e. The number of sulfonamides is 1. The zero-order valence-electron chi connectivity index (χ0n) is 15.3. The molecule has 1 heterocycles. The zero-order valence-corrected chi connectivity index (χ0v) is 16.1. The summed E-state index contributed by atoms with van der Waals surface area (Å²) >= 11 is 0. The summed E-state index contributed by atoms with van der Waals surface area (Å²) in [5.41, 5.74) is 3.80. The predicted octanol–water partition coefficient (Wildman–Crippen LogP) is 4.18. The van der Waals surface area contributed by atoms with Crippen molar-refractivity contribution in [3.8, 4) is 0 Å². The van der Waals surface area contributed by atoms with E-state index in [1.807, 2.05) is 24.3 Å². The maximum atomic E-state index is 13.0. The van der Waals surface area contributed by atoms with Gasteiger partial charge in [0.2, 0.25) is 0 Å². The van der Waals surface area contributed by atoms with Crippen molar-refractivity contribution in [3.63, 3.8) is 0 Å². The molecule has 6 heteroatoms. The van der Waals surface area contributed by atoms with E-state index in [4.69, 9.17) is 0 Å². The minimum atomic E-state index is -3.73. The van der Waals surface area contributed by atoms with E-state index in [2.05, 4.69) is 21.8 Å². The molecule has 0 atom stereocenters. The Bertz CT molecular complexity index is 1070. The highest BCUT2D eigenvalue weighted by molar-refractivity contribution is 7.92. The Balaban J connectivity index is 1.53. The molecule has 1 aliphatic heterocycles. The molecule has 0 saturated carbocycles. The van der Waals surface area contributed by atoms with Gasteiger partial charge in [-0.3, -0.25) is 9.62 Å². The van der Waals surface area contributed by atoms with Crippen LogP contribution in [0.3, 0.4) is 0 Å². The molecule has 0 fully saturated rings. The van der Waals surface area contributed by atoms with Crippen LogP contribution in [0.4, 0.5) is 10.1 Å². The minimum absolute atomic E-state index is 0.220. The fourth-order valence-electron chi connectivity index (χ4n) is 3.47. The molecule has 0 aliphatic carbocycles. The van der Waals surface area contributed by atoms with E-state index in [9.17, 15) is 12.8 Å². The van der Waals surface area contributed by atoms with E-state index in [-0.39, 0.29) is 4.90 Å². The molecule has 3 aromatic rings. The van der Waals surface area contributed by atoms with Crippen LogP contribution in [0, 0.1) is 5.82 Å². The number of hydrogen-bond acceptors (Lipinski definition) is 3. The average molecular weight is 396 g/mol. The van der Waals surface area contributed by atoms with Crippen molar-refractivity contribution in [3.05, 3.63) is 95.3 Å². The third-order valence-corrected chi connectivity index (χ3v) is 6.30. The Hall–Kier alpha value is -2.70. The highest BCUT2D eigenvalue weighted by Crippen LogP contribution is 2.25. The Morgan fingerprint density at radius 2 is 1.68 bits per heavy atom. The molecular formula is C22H21FN2O2S. The molecule has 0 radical (unpaired) electrons. The molecule has 0 aromatic heterocycles. The number of anilines is 1. The van der Waals surface area contributed by atoms with E-state index in [0.29, 0.717) is 12.2 Å². The monoisotopic (exact) mass is 396 g/mol. The van der Waals surface area contributed by atoms with Crippen LogP contribution in [0.5, 0.6) is 0 Å². The van der Waals surface area contributed by atoms with E-state index in [0.717, 1.165) is 25.1 Å². The maximum absolute atomic E-state index is 13.0. The first-order valence-electron chi connectivity index (χ1n) is 9.16. The van der Waals surface area contributed by atoms with Gasteiger partial charge in [0.1, 0.15) is 5.82 Å². The van der Waals surface area contributed by atoms with Crippen molar-refractivity contribution in [2.75, 3.05) is 11.3 Å². The number of rotatable bonds is 5. The van der Waals surface area contributed by atoms with E-state index in [1.54, 1.807) is 12.1 Å². The third-order valence-electron chi connectivity index (χ3n) is 4.92. The molecular weight excluding hydrogens is 375 g/mol. The number of nitrogens with one attached hydrogen (secondary N) is 1. The SMILES string of the molecule is O=S(=O)(Nc1ccc(F)cc1)c1ccc2c(c1)CN(Cc1ccccc1)CC2. The fourth-order valence-corrected chi connectivity index (χ4v) is 4.58. The molecule has 4 rings (SSSR count). The van der Waals surface area contributed by atoms with Gasteiger partial charge < -0.3 is 0 Å². The second-order valence-electron chi connectivity index (χ2n) is 6.99. The second kappa shape index (κ2) is 7.73. The van der Waals surface area contributed by atoms with Crippen LogP contribution < -0.4 is 4.72 Å². The molecule has 0 amide bonds. The lowest BCUT2D eigenvalue weighted by Crippen LogP contribution is -2.30. The van der Waals surface area contributed by atoms with E-state index < -0.39 is 15.8 Å². The quantitative estimate of drug-likeness (QED) is 0.704. The summed E-state index contributed by atoms with van der Waals surface area (Å²) in [6.45, 7) is 2.50. The van der Waals surface area contributed by atoms with Gasteiger partial charge in [-0.15, -0.1) is 0 Å². The van der Waals surface area contributed by atoms with Crippen LogP contribution in [0.2, 0.25) is 0 Å². The normalized spacial score (nSPS) is 14.5. The number of hydrogen-bond donors (Lipinski definition) is 1. The van der Waals surface area contributed by atoms with Crippen LogP contribution >= 0.6 is 0 Å². The van der Waals surface area contributed by atoms with Gasteiger partial charge in [0.15, 0.2) is 0 Å². The summed E-state index contributed by atoms with van der Waals surface area (Å²) in [6, 6.07) is 20.8. The topological polar surface area (TPSA) is 49.4 Å². The fraction of sp³-hybridized carbons (Fsp3) is 0.182. The van der Waals surface area contributed by atoms with Crippen molar-refractivity contribution in [1.82, 2.24) is 4.90 Å². The Labute approximate surface area is 164 Å². The highest BCUT2D eigenvalue weighted by atomic mass is 32.2. The van der Waals surface area contributed by atoms with Gasteiger partial charge >= 0.3 is 0 Å². The van der Waals surface area contributed by atoms with Gasteiger partial charge in [-0.1, -0.05) is 36.4 Å². The maximum Gasteiger partial charge on any atom is 0.261 e. The van der Waals surface area contributed by atoms with Crippen molar-refractivity contribution in [2.24, 2.45) is 0 Å². The highest BCUT2D eigenvalue weighted by Gasteiger charge is 2.21.